The van der Waals surface area contributed by atoms with Gasteiger partial charge in [0.25, 0.3) is 5.95 Å². The molecule has 0 amide bonds. The summed E-state index contributed by atoms with van der Waals surface area (Å²) in [4.78, 5) is 14.4. The summed E-state index contributed by atoms with van der Waals surface area (Å²) in [6.45, 7) is 3.66. The van der Waals surface area contributed by atoms with Crippen molar-refractivity contribution in [1.82, 2.24) is 4.90 Å². The second-order valence-electron chi connectivity index (χ2n) is 7.46. The smallest absolute Gasteiger partial charge is 0.338 e. The number of carbonyl (C=O) groups is 1. The Bertz CT molecular complexity index is 1290. The van der Waals surface area contributed by atoms with Gasteiger partial charge in [-0.2, -0.15) is 0 Å². The Morgan fingerprint density at radius 2 is 2.03 bits per heavy atom. The Morgan fingerprint density at radius 1 is 1.19 bits per heavy atom. The fourth-order valence-electron chi connectivity index (χ4n) is 3.45. The molecular weight excluding hydrogens is 434 g/mol. The van der Waals surface area contributed by atoms with Gasteiger partial charge in [0, 0.05) is 38.2 Å². The molecule has 31 heavy (non-hydrogen) atoms. The summed E-state index contributed by atoms with van der Waals surface area (Å²) in [6, 6.07) is 5.45. The van der Waals surface area contributed by atoms with Gasteiger partial charge in [-0.25, -0.2) is 4.79 Å². The van der Waals surface area contributed by atoms with Crippen molar-refractivity contribution in [3.05, 3.63) is 66.9 Å². The summed E-state index contributed by atoms with van der Waals surface area (Å²) < 4.78 is 19.1. The predicted octanol–water partition coefficient (Wildman–Crippen LogP) is 3.57. The van der Waals surface area contributed by atoms with Crippen LogP contribution in [0.3, 0.4) is 0 Å². The van der Waals surface area contributed by atoms with Crippen LogP contribution in [-0.2, 0) is 9.47 Å². The lowest BCUT2D eigenvalue weighted by Gasteiger charge is -2.15. The highest BCUT2D eigenvalue weighted by atomic mass is 35.5. The monoisotopic (exact) mass is 457 g/mol. The minimum absolute atomic E-state index is 0.328. The highest BCUT2D eigenvalue weighted by molar-refractivity contribution is 7.08. The number of nitrogens with zero attached hydrogens (tertiary/aromatic N) is 1. The zero-order valence-electron chi connectivity index (χ0n) is 17.7. The lowest BCUT2D eigenvalue weighted by molar-refractivity contribution is 0.0526. The zero-order chi connectivity index (χ0) is 22.0. The third-order valence-electron chi connectivity index (χ3n) is 4.92. The normalized spacial score (nSPS) is 14.0. The molecule has 4 rings (SSSR count). The van der Waals surface area contributed by atoms with E-state index < -0.39 is 0 Å². The van der Waals surface area contributed by atoms with Crippen LogP contribution in [0.2, 0.25) is 0 Å². The van der Waals surface area contributed by atoms with E-state index in [1.54, 1.807) is 24.3 Å². The molecule has 0 bridgehead atoms. The molecule has 0 N–H and O–H groups in total. The van der Waals surface area contributed by atoms with E-state index in [1.165, 1.54) is 0 Å². The summed E-state index contributed by atoms with van der Waals surface area (Å²) in [5.74, 6) is 0.889. The Balaban J connectivity index is 1.75. The maximum absolute atomic E-state index is 12.3. The van der Waals surface area contributed by atoms with E-state index >= 15 is 0 Å². The molecule has 0 fully saturated rings. The van der Waals surface area contributed by atoms with Gasteiger partial charge in [-0.3, -0.25) is 0 Å². The van der Waals surface area contributed by atoms with Gasteiger partial charge in [0.1, 0.15) is 0 Å². The molecule has 0 unspecified atom stereocenters. The lowest BCUT2D eigenvalue weighted by Crippen LogP contribution is -2.16. The molecule has 2 aliphatic rings. The number of halogens is 1. The third-order valence-corrected chi connectivity index (χ3v) is 6.44. The second kappa shape index (κ2) is 9.30. The van der Waals surface area contributed by atoms with Crippen LogP contribution >= 0.6 is 22.9 Å². The van der Waals surface area contributed by atoms with Crippen LogP contribution in [-0.4, -0.2) is 44.7 Å². The van der Waals surface area contributed by atoms with E-state index in [2.05, 4.69) is 4.90 Å². The van der Waals surface area contributed by atoms with Crippen LogP contribution in [0, 0.1) is 9.75 Å². The lowest BCUT2D eigenvalue weighted by atomic mass is 10.1. The molecule has 7 heteroatoms. The van der Waals surface area contributed by atoms with Crippen molar-refractivity contribution in [2.75, 3.05) is 33.9 Å². The standard InChI is InChI=1S/C24H24ClNO4S/c1-4-28-24(27)15-6-7-16-18(14-15)23-17(8-9-19(16)25)22-20(31-23)10-11-21(30-22)29-13-5-12-26(2)3/h6-11,14H,4-5,12-13H2,1-3H3. The van der Waals surface area contributed by atoms with Crippen LogP contribution in [0.5, 0.6) is 5.75 Å². The van der Waals surface area contributed by atoms with Gasteiger partial charge in [-0.15, -0.1) is 11.3 Å². The van der Waals surface area contributed by atoms with Crippen LogP contribution in [0.25, 0.3) is 17.2 Å². The van der Waals surface area contributed by atoms with E-state index in [9.17, 15) is 4.79 Å². The van der Waals surface area contributed by atoms with Crippen LogP contribution in [0.15, 0.2) is 36.3 Å². The molecule has 5 nitrogen and oxygen atoms in total. The molecule has 0 spiro atoms. The molecule has 162 valence electrons. The minimum atomic E-state index is -0.348. The number of benzene rings is 1. The van der Waals surface area contributed by atoms with Gasteiger partial charge in [0.05, 0.1) is 23.3 Å². The molecule has 1 aromatic carbocycles. The van der Waals surface area contributed by atoms with Crippen LogP contribution in [0.1, 0.15) is 29.3 Å². The topological polar surface area (TPSA) is 48.0 Å². The van der Waals surface area contributed by atoms with E-state index in [-0.39, 0.29) is 5.97 Å². The largest absolute Gasteiger partial charge is 0.465 e. The molecule has 0 saturated carbocycles. The van der Waals surface area contributed by atoms with Crippen molar-refractivity contribution < 1.29 is 19.0 Å². The summed E-state index contributed by atoms with van der Waals surface area (Å²) in [5, 5.41) is 2.37. The molecule has 1 aromatic heterocycles. The van der Waals surface area contributed by atoms with Gasteiger partial charge >= 0.3 is 5.97 Å². The SMILES string of the molecule is CCOC(=O)c1ccc2c(c1)=c1sc3c(c1C=CC=2Cl)OC(OCCCN(C)C)=CC=3. The first kappa shape index (κ1) is 21.7. The number of carbonyl (C=O) groups excluding carboxylic acids is 1. The van der Waals surface area contributed by atoms with Crippen LogP contribution < -0.4 is 14.5 Å². The van der Waals surface area contributed by atoms with E-state index in [0.29, 0.717) is 29.8 Å². The number of thiophene rings is 1. The quantitative estimate of drug-likeness (QED) is 0.470. The average molecular weight is 458 g/mol. The molecule has 0 atom stereocenters. The van der Waals surface area contributed by atoms with E-state index in [4.69, 9.17) is 25.8 Å². The number of rotatable bonds is 7. The number of hydrogen-bond acceptors (Lipinski definition) is 6. The number of esters is 1. The van der Waals surface area contributed by atoms with E-state index in [0.717, 1.165) is 43.8 Å². The Labute approximate surface area is 189 Å². The van der Waals surface area contributed by atoms with Crippen molar-refractivity contribution in [3.8, 4) is 5.75 Å². The molecule has 0 radical (unpaired) electrons. The number of allylic oxidation sites excluding steroid dienone is 2. The van der Waals surface area contributed by atoms with Gasteiger partial charge in [0.15, 0.2) is 5.75 Å². The molecule has 0 saturated heterocycles. The molecule has 1 aliphatic heterocycles. The van der Waals surface area contributed by atoms with Crippen LogP contribution in [0.4, 0.5) is 0 Å². The molecule has 2 aromatic rings. The molecule has 1 aliphatic carbocycles. The first-order valence-corrected chi connectivity index (χ1v) is 11.4. The minimum Gasteiger partial charge on any atom is -0.465 e. The summed E-state index contributed by atoms with van der Waals surface area (Å²) in [7, 11) is 4.08. The van der Waals surface area contributed by atoms with Crippen molar-refractivity contribution in [2.24, 2.45) is 0 Å². The fraction of sp³-hybridized carbons (Fsp3) is 0.292. The van der Waals surface area contributed by atoms with Crippen molar-refractivity contribution in [2.45, 2.75) is 13.3 Å². The Kier molecular flexibility index (Phi) is 6.51. The van der Waals surface area contributed by atoms with Gasteiger partial charge in [0.2, 0.25) is 0 Å². The molecular formula is C24H24ClNO4S. The Hall–Kier alpha value is -2.54. The fourth-order valence-corrected chi connectivity index (χ4v) is 4.83. The summed E-state index contributed by atoms with van der Waals surface area (Å²) in [6.07, 6.45) is 8.60. The summed E-state index contributed by atoms with van der Waals surface area (Å²) in [5.41, 5.74) is 1.42. The highest BCUT2D eigenvalue weighted by Gasteiger charge is 2.18. The highest BCUT2D eigenvalue weighted by Crippen LogP contribution is 2.29. The number of fused-ring (bicyclic) bond motifs is 4. The number of ether oxygens (including phenoxy) is 3. The number of hydrogen-bond donors (Lipinski definition) is 0. The maximum atomic E-state index is 12.3. The summed E-state index contributed by atoms with van der Waals surface area (Å²) >= 11 is 8.14. The van der Waals surface area contributed by atoms with Crippen molar-refractivity contribution >= 4 is 46.1 Å². The first-order valence-electron chi connectivity index (χ1n) is 10.2. The third kappa shape index (κ3) is 4.56. The molecule has 2 heterocycles. The van der Waals surface area contributed by atoms with Gasteiger partial charge in [-0.05, 0) is 57.8 Å². The Morgan fingerprint density at radius 3 is 2.81 bits per heavy atom. The maximum Gasteiger partial charge on any atom is 0.338 e. The zero-order valence-corrected chi connectivity index (χ0v) is 19.3. The average Bonchev–Trinajstić information content (AvgIpc) is 3.05. The van der Waals surface area contributed by atoms with Crippen molar-refractivity contribution in [3.63, 3.8) is 0 Å². The first-order chi connectivity index (χ1) is 15.0. The van der Waals surface area contributed by atoms with Gasteiger partial charge in [-0.1, -0.05) is 17.7 Å². The van der Waals surface area contributed by atoms with Gasteiger partial charge < -0.3 is 19.1 Å². The van der Waals surface area contributed by atoms with Crippen molar-refractivity contribution in [1.29, 1.82) is 0 Å². The van der Waals surface area contributed by atoms with E-state index in [1.807, 2.05) is 50.5 Å². The predicted molar refractivity (Wildman–Crippen MR) is 124 cm³/mol. The second-order valence-corrected chi connectivity index (χ2v) is 8.92.